The minimum Gasteiger partial charge on any atom is -0.439 e. The zero-order valence-corrected chi connectivity index (χ0v) is 11.0. The van der Waals surface area contributed by atoms with Gasteiger partial charge in [-0.1, -0.05) is 18.2 Å². The van der Waals surface area contributed by atoms with Gasteiger partial charge in [-0.25, -0.2) is 4.98 Å². The second kappa shape index (κ2) is 5.19. The van der Waals surface area contributed by atoms with Gasteiger partial charge in [-0.15, -0.1) is 0 Å². The van der Waals surface area contributed by atoms with Crippen LogP contribution in [0, 0.1) is 13.8 Å². The first-order valence-electron chi connectivity index (χ1n) is 6.03. The standard InChI is InChI=1S/C15H18N2O/c1-10-5-4-6-14(11(10)2)18-15-8-7-13(9-17-15)12(3)16/h4-9,12H,16H2,1-3H3/t12-/m1/s1. The van der Waals surface area contributed by atoms with Gasteiger partial charge >= 0.3 is 0 Å². The number of hydrogen-bond donors (Lipinski definition) is 1. The Hall–Kier alpha value is -1.87. The smallest absolute Gasteiger partial charge is 0.219 e. The van der Waals surface area contributed by atoms with Crippen LogP contribution in [0.25, 0.3) is 0 Å². The average Bonchev–Trinajstić information content (AvgIpc) is 2.36. The van der Waals surface area contributed by atoms with E-state index in [1.165, 1.54) is 5.56 Å². The quantitative estimate of drug-likeness (QED) is 0.896. The summed E-state index contributed by atoms with van der Waals surface area (Å²) < 4.78 is 5.77. The van der Waals surface area contributed by atoms with Crippen LogP contribution in [-0.4, -0.2) is 4.98 Å². The van der Waals surface area contributed by atoms with Crippen molar-refractivity contribution in [2.45, 2.75) is 26.8 Å². The maximum Gasteiger partial charge on any atom is 0.219 e. The first kappa shape index (κ1) is 12.6. The predicted octanol–water partition coefficient (Wildman–Crippen LogP) is 3.51. The summed E-state index contributed by atoms with van der Waals surface area (Å²) in [5.74, 6) is 1.43. The molecule has 0 fully saturated rings. The van der Waals surface area contributed by atoms with Crippen molar-refractivity contribution >= 4 is 0 Å². The van der Waals surface area contributed by atoms with E-state index in [0.717, 1.165) is 16.9 Å². The third kappa shape index (κ3) is 2.68. The van der Waals surface area contributed by atoms with E-state index in [1.54, 1.807) is 6.20 Å². The van der Waals surface area contributed by atoms with Crippen LogP contribution < -0.4 is 10.5 Å². The van der Waals surface area contributed by atoms with Gasteiger partial charge in [-0.05, 0) is 43.5 Å². The molecular formula is C15H18N2O. The largest absolute Gasteiger partial charge is 0.439 e. The first-order chi connectivity index (χ1) is 8.58. The van der Waals surface area contributed by atoms with E-state index in [4.69, 9.17) is 10.5 Å². The van der Waals surface area contributed by atoms with E-state index < -0.39 is 0 Å². The summed E-state index contributed by atoms with van der Waals surface area (Å²) in [4.78, 5) is 4.26. The molecule has 2 N–H and O–H groups in total. The fraction of sp³-hybridized carbons (Fsp3) is 0.267. The molecule has 3 heteroatoms. The van der Waals surface area contributed by atoms with Gasteiger partial charge in [0.25, 0.3) is 0 Å². The summed E-state index contributed by atoms with van der Waals surface area (Å²) in [6, 6.07) is 9.78. The Morgan fingerprint density at radius 3 is 2.56 bits per heavy atom. The summed E-state index contributed by atoms with van der Waals surface area (Å²) in [6.07, 6.45) is 1.76. The lowest BCUT2D eigenvalue weighted by molar-refractivity contribution is 0.458. The van der Waals surface area contributed by atoms with Crippen LogP contribution in [0.15, 0.2) is 36.5 Å². The van der Waals surface area contributed by atoms with Crippen LogP contribution in [0.1, 0.15) is 29.7 Å². The molecule has 0 aliphatic heterocycles. The number of nitrogens with zero attached hydrogens (tertiary/aromatic N) is 1. The lowest BCUT2D eigenvalue weighted by Crippen LogP contribution is -2.05. The van der Waals surface area contributed by atoms with Crippen molar-refractivity contribution in [2.75, 3.05) is 0 Å². The van der Waals surface area contributed by atoms with E-state index in [2.05, 4.69) is 18.0 Å². The Morgan fingerprint density at radius 2 is 1.94 bits per heavy atom. The number of aromatic nitrogens is 1. The monoisotopic (exact) mass is 242 g/mol. The van der Waals surface area contributed by atoms with E-state index in [9.17, 15) is 0 Å². The molecular weight excluding hydrogens is 224 g/mol. The summed E-state index contributed by atoms with van der Waals surface area (Å²) in [5, 5.41) is 0. The molecule has 0 aliphatic rings. The van der Waals surface area contributed by atoms with Crippen molar-refractivity contribution < 1.29 is 4.74 Å². The number of aryl methyl sites for hydroxylation is 1. The van der Waals surface area contributed by atoms with Gasteiger partial charge in [0.15, 0.2) is 0 Å². The molecule has 0 aliphatic carbocycles. The normalized spacial score (nSPS) is 12.2. The van der Waals surface area contributed by atoms with Gasteiger partial charge in [0.1, 0.15) is 5.75 Å². The Morgan fingerprint density at radius 1 is 1.17 bits per heavy atom. The molecule has 0 amide bonds. The third-order valence-electron chi connectivity index (χ3n) is 3.05. The molecule has 18 heavy (non-hydrogen) atoms. The first-order valence-corrected chi connectivity index (χ1v) is 6.03. The number of benzene rings is 1. The molecule has 0 spiro atoms. The molecule has 1 atom stereocenters. The van der Waals surface area contributed by atoms with Crippen molar-refractivity contribution in [3.63, 3.8) is 0 Å². The summed E-state index contributed by atoms with van der Waals surface area (Å²) in [7, 11) is 0. The fourth-order valence-electron chi connectivity index (χ4n) is 1.67. The Kier molecular flexibility index (Phi) is 3.63. The van der Waals surface area contributed by atoms with Gasteiger partial charge < -0.3 is 10.5 Å². The minimum absolute atomic E-state index is 0.00717. The van der Waals surface area contributed by atoms with E-state index in [0.29, 0.717) is 5.88 Å². The van der Waals surface area contributed by atoms with Gasteiger partial charge in [0.05, 0.1) is 0 Å². The predicted molar refractivity (Wildman–Crippen MR) is 72.8 cm³/mol. The zero-order valence-electron chi connectivity index (χ0n) is 11.0. The van der Waals surface area contributed by atoms with Crippen molar-refractivity contribution in [3.05, 3.63) is 53.2 Å². The average molecular weight is 242 g/mol. The lowest BCUT2D eigenvalue weighted by atomic mass is 10.1. The zero-order chi connectivity index (χ0) is 13.1. The maximum atomic E-state index is 5.78. The molecule has 0 radical (unpaired) electrons. The van der Waals surface area contributed by atoms with E-state index >= 15 is 0 Å². The fourth-order valence-corrected chi connectivity index (χ4v) is 1.67. The van der Waals surface area contributed by atoms with Gasteiger partial charge in [-0.2, -0.15) is 0 Å². The second-order valence-corrected chi connectivity index (χ2v) is 4.52. The van der Waals surface area contributed by atoms with E-state index in [1.807, 2.05) is 38.1 Å². The molecule has 2 aromatic rings. The van der Waals surface area contributed by atoms with Crippen LogP contribution in [0.3, 0.4) is 0 Å². The highest BCUT2D eigenvalue weighted by Crippen LogP contribution is 2.25. The highest BCUT2D eigenvalue weighted by Gasteiger charge is 2.05. The molecule has 1 heterocycles. The molecule has 2 rings (SSSR count). The van der Waals surface area contributed by atoms with Crippen molar-refractivity contribution in [2.24, 2.45) is 5.73 Å². The molecule has 0 unspecified atom stereocenters. The number of ether oxygens (including phenoxy) is 1. The van der Waals surface area contributed by atoms with E-state index in [-0.39, 0.29) is 6.04 Å². The van der Waals surface area contributed by atoms with Crippen LogP contribution in [0.4, 0.5) is 0 Å². The van der Waals surface area contributed by atoms with Crippen molar-refractivity contribution in [1.82, 2.24) is 4.98 Å². The lowest BCUT2D eigenvalue weighted by Gasteiger charge is -2.10. The highest BCUT2D eigenvalue weighted by atomic mass is 16.5. The Balaban J connectivity index is 2.21. The van der Waals surface area contributed by atoms with Crippen LogP contribution >= 0.6 is 0 Å². The summed E-state index contributed by atoms with van der Waals surface area (Å²) >= 11 is 0. The number of rotatable bonds is 3. The molecule has 1 aromatic carbocycles. The van der Waals surface area contributed by atoms with Crippen molar-refractivity contribution in [3.8, 4) is 11.6 Å². The summed E-state index contributed by atoms with van der Waals surface area (Å²) in [5.41, 5.74) is 9.13. The summed E-state index contributed by atoms with van der Waals surface area (Å²) in [6.45, 7) is 6.04. The van der Waals surface area contributed by atoms with Crippen LogP contribution in [0.5, 0.6) is 11.6 Å². The molecule has 0 saturated heterocycles. The molecule has 0 bridgehead atoms. The number of nitrogens with two attached hydrogens (primary N) is 1. The SMILES string of the molecule is Cc1cccc(Oc2ccc([C@@H](C)N)cn2)c1C. The third-order valence-corrected chi connectivity index (χ3v) is 3.05. The second-order valence-electron chi connectivity index (χ2n) is 4.52. The van der Waals surface area contributed by atoms with Gasteiger partial charge in [0, 0.05) is 18.3 Å². The maximum absolute atomic E-state index is 5.78. The molecule has 0 saturated carbocycles. The number of hydrogen-bond acceptors (Lipinski definition) is 3. The molecule has 1 aromatic heterocycles. The topological polar surface area (TPSA) is 48.1 Å². The Bertz CT molecular complexity index is 533. The minimum atomic E-state index is -0.00717. The van der Waals surface area contributed by atoms with Gasteiger partial charge in [0.2, 0.25) is 5.88 Å². The van der Waals surface area contributed by atoms with Crippen LogP contribution in [-0.2, 0) is 0 Å². The van der Waals surface area contributed by atoms with Crippen molar-refractivity contribution in [1.29, 1.82) is 0 Å². The number of pyridine rings is 1. The Labute approximate surface area is 108 Å². The highest BCUT2D eigenvalue weighted by molar-refractivity contribution is 5.40. The van der Waals surface area contributed by atoms with Gasteiger partial charge in [-0.3, -0.25) is 0 Å². The molecule has 3 nitrogen and oxygen atoms in total. The molecule has 94 valence electrons. The van der Waals surface area contributed by atoms with Crippen LogP contribution in [0.2, 0.25) is 0 Å².